The van der Waals surface area contributed by atoms with Gasteiger partial charge in [0.25, 0.3) is 0 Å². The van der Waals surface area contributed by atoms with E-state index in [-0.39, 0.29) is 16.7 Å². The van der Waals surface area contributed by atoms with Gasteiger partial charge in [0.1, 0.15) is 0 Å². The molecule has 0 radical (unpaired) electrons. The molecular formula is C16H16F3NS. The largest absolute Gasteiger partial charge is 0.446 e. The predicted molar refractivity (Wildman–Crippen MR) is 81.5 cm³/mol. The second kappa shape index (κ2) is 6.89. The summed E-state index contributed by atoms with van der Waals surface area (Å²) < 4.78 is 37.6. The van der Waals surface area contributed by atoms with Crippen molar-refractivity contribution in [1.82, 2.24) is 0 Å². The Labute approximate surface area is 126 Å². The smallest absolute Gasteiger partial charge is 0.380 e. The molecule has 5 heteroatoms. The minimum absolute atomic E-state index is 0.0900. The molecule has 0 heterocycles. The number of aryl methyl sites for hydroxylation is 1. The van der Waals surface area contributed by atoms with Gasteiger partial charge < -0.3 is 5.32 Å². The zero-order valence-electron chi connectivity index (χ0n) is 11.6. The maximum atomic E-state index is 12.5. The van der Waals surface area contributed by atoms with Crippen LogP contribution >= 0.6 is 11.8 Å². The average Bonchev–Trinajstić information content (AvgIpc) is 2.45. The SMILES string of the molecule is CCc1ccccc1CNc1ccccc1SC(F)(F)F. The number of nitrogens with one attached hydrogen (secondary N) is 1. The predicted octanol–water partition coefficient (Wildman–Crippen LogP) is 5.47. The van der Waals surface area contributed by atoms with E-state index in [1.54, 1.807) is 18.2 Å². The topological polar surface area (TPSA) is 12.0 Å². The first-order chi connectivity index (χ1) is 9.99. The lowest BCUT2D eigenvalue weighted by Gasteiger charge is -2.14. The summed E-state index contributed by atoms with van der Waals surface area (Å²) >= 11 is -0.0900. The van der Waals surface area contributed by atoms with Crippen molar-refractivity contribution in [3.05, 3.63) is 59.7 Å². The molecule has 0 amide bonds. The summed E-state index contributed by atoms with van der Waals surface area (Å²) in [5, 5.41) is 3.11. The number of anilines is 1. The fraction of sp³-hybridized carbons (Fsp3) is 0.250. The van der Waals surface area contributed by atoms with Crippen molar-refractivity contribution >= 4 is 17.4 Å². The molecule has 0 aliphatic carbocycles. The molecule has 0 aliphatic rings. The van der Waals surface area contributed by atoms with E-state index < -0.39 is 5.51 Å². The highest BCUT2D eigenvalue weighted by atomic mass is 32.2. The molecule has 0 aliphatic heterocycles. The Morgan fingerprint density at radius 1 is 0.952 bits per heavy atom. The normalized spacial score (nSPS) is 11.4. The van der Waals surface area contributed by atoms with E-state index in [9.17, 15) is 13.2 Å². The van der Waals surface area contributed by atoms with Crippen LogP contribution in [0.5, 0.6) is 0 Å². The number of alkyl halides is 3. The third kappa shape index (κ3) is 4.70. The zero-order chi connectivity index (χ0) is 15.3. The third-order valence-corrected chi connectivity index (χ3v) is 3.89. The Morgan fingerprint density at radius 2 is 1.57 bits per heavy atom. The van der Waals surface area contributed by atoms with E-state index in [0.717, 1.165) is 12.0 Å². The second-order valence-electron chi connectivity index (χ2n) is 4.52. The van der Waals surface area contributed by atoms with Gasteiger partial charge in [0.2, 0.25) is 0 Å². The summed E-state index contributed by atoms with van der Waals surface area (Å²) in [6.45, 7) is 2.58. The Morgan fingerprint density at radius 3 is 2.24 bits per heavy atom. The second-order valence-corrected chi connectivity index (χ2v) is 5.63. The molecule has 112 valence electrons. The number of halogens is 3. The molecule has 0 saturated carbocycles. The van der Waals surface area contributed by atoms with Gasteiger partial charge in [-0.2, -0.15) is 13.2 Å². The van der Waals surface area contributed by atoms with Gasteiger partial charge in [-0.1, -0.05) is 43.3 Å². The highest BCUT2D eigenvalue weighted by Crippen LogP contribution is 2.40. The molecule has 0 fully saturated rings. The monoisotopic (exact) mass is 311 g/mol. The van der Waals surface area contributed by atoms with Crippen LogP contribution in [0.2, 0.25) is 0 Å². The summed E-state index contributed by atoms with van der Waals surface area (Å²) in [5.41, 5.74) is -1.47. The quantitative estimate of drug-likeness (QED) is 0.735. The van der Waals surface area contributed by atoms with Gasteiger partial charge in [0.05, 0.1) is 0 Å². The van der Waals surface area contributed by atoms with Crippen LogP contribution in [-0.2, 0) is 13.0 Å². The van der Waals surface area contributed by atoms with Gasteiger partial charge in [-0.05, 0) is 41.4 Å². The summed E-state index contributed by atoms with van der Waals surface area (Å²) in [4.78, 5) is 0.193. The van der Waals surface area contributed by atoms with Gasteiger partial charge in [-0.3, -0.25) is 0 Å². The maximum absolute atomic E-state index is 12.5. The van der Waals surface area contributed by atoms with Crippen LogP contribution in [0.4, 0.5) is 18.9 Å². The maximum Gasteiger partial charge on any atom is 0.446 e. The standard InChI is InChI=1S/C16H16F3NS/c1-2-12-7-3-4-8-13(12)11-20-14-9-5-6-10-15(14)21-16(17,18)19/h3-10,20H,2,11H2,1H3. The number of rotatable bonds is 5. The lowest BCUT2D eigenvalue weighted by Crippen LogP contribution is -2.05. The van der Waals surface area contributed by atoms with Crippen LogP contribution < -0.4 is 5.32 Å². The molecule has 0 atom stereocenters. The Hall–Kier alpha value is -1.62. The van der Waals surface area contributed by atoms with E-state index in [4.69, 9.17) is 0 Å². The van der Waals surface area contributed by atoms with Crippen molar-refractivity contribution < 1.29 is 13.2 Å². The van der Waals surface area contributed by atoms with Crippen LogP contribution in [0.3, 0.4) is 0 Å². The molecule has 0 spiro atoms. The Bertz CT molecular complexity index is 596. The fourth-order valence-corrected chi connectivity index (χ4v) is 2.74. The van der Waals surface area contributed by atoms with Crippen molar-refractivity contribution in [3.63, 3.8) is 0 Å². The van der Waals surface area contributed by atoms with Gasteiger partial charge >= 0.3 is 5.51 Å². The van der Waals surface area contributed by atoms with Crippen molar-refractivity contribution in [3.8, 4) is 0 Å². The van der Waals surface area contributed by atoms with E-state index in [1.165, 1.54) is 11.6 Å². The number of thioether (sulfide) groups is 1. The van der Waals surface area contributed by atoms with E-state index >= 15 is 0 Å². The molecule has 1 nitrogen and oxygen atoms in total. The summed E-state index contributed by atoms with van der Waals surface area (Å²) in [5.74, 6) is 0. The van der Waals surface area contributed by atoms with E-state index in [1.807, 2.05) is 24.3 Å². The molecule has 2 aromatic carbocycles. The highest BCUT2D eigenvalue weighted by molar-refractivity contribution is 8.00. The molecule has 21 heavy (non-hydrogen) atoms. The molecular weight excluding hydrogens is 295 g/mol. The molecule has 2 aromatic rings. The number of benzene rings is 2. The van der Waals surface area contributed by atoms with Crippen LogP contribution in [0.1, 0.15) is 18.1 Å². The number of hydrogen-bond acceptors (Lipinski definition) is 2. The van der Waals surface area contributed by atoms with Crippen molar-refractivity contribution in [2.45, 2.75) is 30.3 Å². The number of hydrogen-bond donors (Lipinski definition) is 1. The van der Waals surface area contributed by atoms with Gasteiger partial charge in [0.15, 0.2) is 0 Å². The van der Waals surface area contributed by atoms with Gasteiger partial charge in [-0.25, -0.2) is 0 Å². The highest BCUT2D eigenvalue weighted by Gasteiger charge is 2.30. The lowest BCUT2D eigenvalue weighted by molar-refractivity contribution is -0.0327. The van der Waals surface area contributed by atoms with Gasteiger partial charge in [-0.15, -0.1) is 0 Å². The summed E-state index contributed by atoms with van der Waals surface area (Å²) in [6, 6.07) is 14.4. The average molecular weight is 311 g/mol. The first kappa shape index (κ1) is 15.8. The summed E-state index contributed by atoms with van der Waals surface area (Å²) in [7, 11) is 0. The molecule has 0 saturated heterocycles. The minimum Gasteiger partial charge on any atom is -0.380 e. The molecule has 0 unspecified atom stereocenters. The third-order valence-electron chi connectivity index (χ3n) is 3.08. The van der Waals surface area contributed by atoms with E-state index in [0.29, 0.717) is 12.2 Å². The van der Waals surface area contributed by atoms with Crippen molar-refractivity contribution in [2.75, 3.05) is 5.32 Å². The van der Waals surface area contributed by atoms with E-state index in [2.05, 4.69) is 12.2 Å². The Kier molecular flexibility index (Phi) is 5.17. The summed E-state index contributed by atoms with van der Waals surface area (Å²) in [6.07, 6.45) is 0.900. The van der Waals surface area contributed by atoms with Crippen LogP contribution in [0, 0.1) is 0 Å². The minimum atomic E-state index is -4.28. The van der Waals surface area contributed by atoms with Crippen LogP contribution in [-0.4, -0.2) is 5.51 Å². The lowest BCUT2D eigenvalue weighted by atomic mass is 10.1. The van der Waals surface area contributed by atoms with Crippen LogP contribution in [0.25, 0.3) is 0 Å². The molecule has 0 aromatic heterocycles. The van der Waals surface area contributed by atoms with Crippen molar-refractivity contribution in [1.29, 1.82) is 0 Å². The first-order valence-electron chi connectivity index (χ1n) is 6.65. The fourth-order valence-electron chi connectivity index (χ4n) is 2.09. The molecule has 2 rings (SSSR count). The molecule has 1 N–H and O–H groups in total. The van der Waals surface area contributed by atoms with Crippen molar-refractivity contribution in [2.24, 2.45) is 0 Å². The first-order valence-corrected chi connectivity index (χ1v) is 7.46. The zero-order valence-corrected chi connectivity index (χ0v) is 12.4. The van der Waals surface area contributed by atoms with Gasteiger partial charge in [0, 0.05) is 17.1 Å². The Balaban J connectivity index is 2.13. The number of para-hydroxylation sites is 1. The molecule has 0 bridgehead atoms. The van der Waals surface area contributed by atoms with Crippen LogP contribution in [0.15, 0.2) is 53.4 Å².